The lowest BCUT2D eigenvalue weighted by Crippen LogP contribution is -2.41. The molecular weight excluding hydrogens is 480 g/mol. The zero-order chi connectivity index (χ0) is 21.7. The summed E-state index contributed by atoms with van der Waals surface area (Å²) in [5, 5.41) is 10.1. The zero-order valence-corrected chi connectivity index (χ0v) is 20.6. The second-order valence-electron chi connectivity index (χ2n) is 7.71. The van der Waals surface area contributed by atoms with Crippen LogP contribution in [0.3, 0.4) is 0 Å². The van der Waals surface area contributed by atoms with E-state index in [0.29, 0.717) is 0 Å². The summed E-state index contributed by atoms with van der Waals surface area (Å²) in [6.45, 7) is 15.6. The van der Waals surface area contributed by atoms with Gasteiger partial charge in [0.1, 0.15) is 5.60 Å². The first-order valence-corrected chi connectivity index (χ1v) is 10.8. The van der Waals surface area contributed by atoms with Gasteiger partial charge in [0.05, 0.1) is 23.2 Å². The van der Waals surface area contributed by atoms with Crippen molar-refractivity contribution >= 4 is 37.8 Å². The molecule has 1 fully saturated rings. The van der Waals surface area contributed by atoms with Gasteiger partial charge in [-0.25, -0.2) is 11.4 Å². The normalized spacial score (nSPS) is 21.1. The minimum atomic E-state index is -0.470. The Morgan fingerprint density at radius 2 is 1.74 bits per heavy atom. The van der Waals surface area contributed by atoms with Crippen LogP contribution >= 0.6 is 31.9 Å². The number of nitrogens with zero attached hydrogens (tertiary/aromatic N) is 2. The van der Waals surface area contributed by atoms with E-state index in [2.05, 4.69) is 42.8 Å². The van der Waals surface area contributed by atoms with E-state index in [1.54, 1.807) is 35.0 Å². The van der Waals surface area contributed by atoms with Crippen LogP contribution in [0.4, 0.5) is 0 Å². The van der Waals surface area contributed by atoms with Crippen LogP contribution in [0, 0.1) is 23.8 Å². The van der Waals surface area contributed by atoms with E-state index >= 15 is 0 Å². The van der Waals surface area contributed by atoms with Crippen LogP contribution in [0.5, 0.6) is 0 Å². The maximum atomic E-state index is 10.6. The molecule has 0 bridgehead atoms. The summed E-state index contributed by atoms with van der Waals surface area (Å²) < 4.78 is 15.1. The Kier molecular flexibility index (Phi) is 14.3. The van der Waals surface area contributed by atoms with Crippen molar-refractivity contribution in [2.45, 2.75) is 64.3 Å². The van der Waals surface area contributed by atoms with Crippen molar-refractivity contribution in [1.82, 2.24) is 0 Å². The van der Waals surface area contributed by atoms with Crippen LogP contribution in [-0.4, -0.2) is 54.2 Å². The van der Waals surface area contributed by atoms with E-state index in [4.69, 9.17) is 26.0 Å². The number of carbonyl (C=O) groups is 1. The first-order chi connectivity index (χ1) is 12.3. The zero-order valence-electron chi connectivity index (χ0n) is 17.4. The predicted octanol–water partition coefficient (Wildman–Crippen LogP) is 4.75. The largest absolute Gasteiger partial charge is 0.454 e. The standard InChI is InChI=1S/C7H11NO2.C7H11NO.C5H10Br2O/c1-7(2,3)10-6(9)5-8-4;1-7(9-2)3-6(4-7)5-8;1-5(3-6,4-7)8-2/h5H2,1-3H3;6H,3-4H2,1-2H3;3-4H2,1-2H3. The van der Waals surface area contributed by atoms with Crippen molar-refractivity contribution in [3.8, 4) is 6.07 Å². The first kappa shape index (κ1) is 28.5. The fourth-order valence-electron chi connectivity index (χ4n) is 1.82. The maximum absolute atomic E-state index is 10.6. The van der Waals surface area contributed by atoms with Gasteiger partial charge >= 0.3 is 12.5 Å². The van der Waals surface area contributed by atoms with Gasteiger partial charge in [-0.2, -0.15) is 5.26 Å². The summed E-state index contributed by atoms with van der Waals surface area (Å²) in [7, 11) is 3.41. The van der Waals surface area contributed by atoms with Gasteiger partial charge in [0.15, 0.2) is 0 Å². The van der Waals surface area contributed by atoms with Crippen LogP contribution in [0.25, 0.3) is 4.85 Å². The third-order valence-corrected chi connectivity index (χ3v) is 6.09. The van der Waals surface area contributed by atoms with Gasteiger partial charge in [0.25, 0.3) is 0 Å². The Balaban J connectivity index is 0. The van der Waals surface area contributed by atoms with Crippen molar-refractivity contribution in [3.05, 3.63) is 11.4 Å². The molecule has 0 spiro atoms. The summed E-state index contributed by atoms with van der Waals surface area (Å²) in [6.07, 6.45) is 1.81. The number of nitriles is 1. The van der Waals surface area contributed by atoms with Gasteiger partial charge < -0.3 is 19.1 Å². The number of hydrogen-bond donors (Lipinski definition) is 0. The molecule has 0 radical (unpaired) electrons. The highest BCUT2D eigenvalue weighted by atomic mass is 79.9. The summed E-state index contributed by atoms with van der Waals surface area (Å²) in [5.74, 6) is -0.211. The number of rotatable bonds is 5. The highest BCUT2D eigenvalue weighted by molar-refractivity contribution is 9.09. The van der Waals surface area contributed by atoms with Crippen LogP contribution in [0.15, 0.2) is 0 Å². The number of esters is 1. The minimum Gasteiger partial charge on any atom is -0.454 e. The molecule has 0 amide bonds. The monoisotopic (exact) mass is 510 g/mol. The molecular formula is C19H32Br2N2O4. The Hall–Kier alpha value is -0.670. The second kappa shape index (κ2) is 13.5. The topological polar surface area (TPSA) is 72.9 Å². The highest BCUT2D eigenvalue weighted by Crippen LogP contribution is 2.39. The second-order valence-corrected chi connectivity index (χ2v) is 8.83. The summed E-state index contributed by atoms with van der Waals surface area (Å²) in [5.41, 5.74) is -0.498. The number of alkyl halides is 2. The van der Waals surface area contributed by atoms with Crippen LogP contribution < -0.4 is 0 Å². The summed E-state index contributed by atoms with van der Waals surface area (Å²) in [6, 6.07) is 2.21. The van der Waals surface area contributed by atoms with Gasteiger partial charge in [-0.15, -0.1) is 0 Å². The molecule has 156 valence electrons. The Morgan fingerprint density at radius 1 is 1.26 bits per heavy atom. The Labute approximate surface area is 181 Å². The predicted molar refractivity (Wildman–Crippen MR) is 114 cm³/mol. The van der Waals surface area contributed by atoms with E-state index in [1.165, 1.54) is 0 Å². The van der Waals surface area contributed by atoms with Gasteiger partial charge in [0.2, 0.25) is 0 Å². The van der Waals surface area contributed by atoms with E-state index in [0.717, 1.165) is 23.5 Å². The molecule has 0 aliphatic heterocycles. The summed E-state index contributed by atoms with van der Waals surface area (Å²) in [4.78, 5) is 13.5. The lowest BCUT2D eigenvalue weighted by atomic mass is 9.73. The highest BCUT2D eigenvalue weighted by Gasteiger charge is 2.40. The third kappa shape index (κ3) is 14.0. The lowest BCUT2D eigenvalue weighted by Gasteiger charge is -2.40. The van der Waals surface area contributed by atoms with E-state index in [-0.39, 0.29) is 23.7 Å². The number of ether oxygens (including phenoxy) is 3. The molecule has 27 heavy (non-hydrogen) atoms. The number of hydrogen-bond acceptors (Lipinski definition) is 5. The molecule has 0 heterocycles. The summed E-state index contributed by atoms with van der Waals surface area (Å²) >= 11 is 6.67. The average molecular weight is 512 g/mol. The van der Waals surface area contributed by atoms with E-state index < -0.39 is 11.6 Å². The van der Waals surface area contributed by atoms with Gasteiger partial charge in [0, 0.05) is 24.9 Å². The fourth-order valence-corrected chi connectivity index (χ4v) is 3.21. The molecule has 0 aromatic rings. The van der Waals surface area contributed by atoms with Crippen molar-refractivity contribution in [3.63, 3.8) is 0 Å². The SMILES string of the molecule is COC(C)(CBr)CBr.COC1(C)CC(C#N)C1.[C-]#[N+]CC(=O)OC(C)(C)C. The first-order valence-electron chi connectivity index (χ1n) is 8.51. The molecule has 1 rings (SSSR count). The lowest BCUT2D eigenvalue weighted by molar-refractivity contribution is -0.152. The molecule has 1 saturated carbocycles. The van der Waals surface area contributed by atoms with Crippen LogP contribution in [-0.2, 0) is 19.0 Å². The molecule has 0 N–H and O–H groups in total. The molecule has 1 aliphatic carbocycles. The smallest absolute Gasteiger partial charge is 0.387 e. The number of carbonyl (C=O) groups excluding carboxylic acids is 1. The molecule has 0 saturated heterocycles. The average Bonchev–Trinajstić information content (AvgIpc) is 2.58. The van der Waals surface area contributed by atoms with Crippen molar-refractivity contribution in [2.75, 3.05) is 31.4 Å². The molecule has 0 aromatic heterocycles. The van der Waals surface area contributed by atoms with Crippen LogP contribution in [0.2, 0.25) is 0 Å². The maximum Gasteiger partial charge on any atom is 0.387 e. The molecule has 0 unspecified atom stereocenters. The fraction of sp³-hybridized carbons (Fsp3) is 0.842. The molecule has 8 heteroatoms. The molecule has 0 aromatic carbocycles. The van der Waals surface area contributed by atoms with Crippen molar-refractivity contribution in [1.29, 1.82) is 5.26 Å². The van der Waals surface area contributed by atoms with Gasteiger partial charge in [-0.3, -0.25) is 0 Å². The van der Waals surface area contributed by atoms with E-state index in [9.17, 15) is 4.79 Å². The minimum absolute atomic E-state index is 0.0143. The van der Waals surface area contributed by atoms with E-state index in [1.807, 2.05) is 13.8 Å². The number of methoxy groups -OCH3 is 2. The Morgan fingerprint density at radius 3 is 1.96 bits per heavy atom. The quantitative estimate of drug-likeness (QED) is 0.302. The van der Waals surface area contributed by atoms with Crippen molar-refractivity contribution in [2.24, 2.45) is 5.92 Å². The van der Waals surface area contributed by atoms with Gasteiger partial charge in [-0.1, -0.05) is 31.9 Å². The molecule has 6 nitrogen and oxygen atoms in total. The Bertz CT molecular complexity index is 503. The third-order valence-electron chi connectivity index (χ3n) is 3.72. The number of halogens is 2. The van der Waals surface area contributed by atoms with Crippen LogP contribution in [0.1, 0.15) is 47.5 Å². The molecule has 1 aliphatic rings. The van der Waals surface area contributed by atoms with Gasteiger partial charge in [-0.05, 0) is 47.5 Å². The molecule has 0 atom stereocenters. The van der Waals surface area contributed by atoms with Crippen molar-refractivity contribution < 1.29 is 19.0 Å².